The molecule has 21 heavy (non-hydrogen) atoms. The van der Waals surface area contributed by atoms with Crippen LogP contribution < -0.4 is 11.1 Å². The molecule has 0 aromatic heterocycles. The minimum absolute atomic E-state index is 0.0355. The molecule has 4 unspecified atom stereocenters. The molecule has 0 saturated carbocycles. The van der Waals surface area contributed by atoms with E-state index in [4.69, 9.17) is 5.73 Å². The molecule has 1 amide bonds. The molecule has 1 aliphatic heterocycles. The van der Waals surface area contributed by atoms with Crippen molar-refractivity contribution >= 4 is 5.91 Å². The minimum Gasteiger partial charge on any atom is -0.369 e. The quantitative estimate of drug-likeness (QED) is 0.894. The van der Waals surface area contributed by atoms with Crippen molar-refractivity contribution in [1.82, 2.24) is 5.32 Å². The van der Waals surface area contributed by atoms with Gasteiger partial charge in [-0.3, -0.25) is 4.79 Å². The number of nitrogens with two attached hydrogens (primary N) is 1. The van der Waals surface area contributed by atoms with Crippen LogP contribution in [0.1, 0.15) is 51.3 Å². The van der Waals surface area contributed by atoms with Crippen LogP contribution >= 0.6 is 0 Å². The smallest absolute Gasteiger partial charge is 0.222 e. The number of amides is 1. The summed E-state index contributed by atoms with van der Waals surface area (Å²) < 4.78 is 0. The maximum Gasteiger partial charge on any atom is 0.222 e. The van der Waals surface area contributed by atoms with Gasteiger partial charge in [-0.05, 0) is 42.7 Å². The number of carbonyl (C=O) groups excluding carboxylic acids is 1. The lowest BCUT2D eigenvalue weighted by atomic mass is 9.76. The second-order valence-electron chi connectivity index (χ2n) is 7.03. The summed E-state index contributed by atoms with van der Waals surface area (Å²) in [5, 5.41) is 3.57. The van der Waals surface area contributed by atoms with E-state index in [2.05, 4.69) is 57.3 Å². The van der Waals surface area contributed by atoms with Crippen molar-refractivity contribution in [3.8, 4) is 0 Å². The first-order valence-electron chi connectivity index (χ1n) is 8.02. The fourth-order valence-corrected chi connectivity index (χ4v) is 3.64. The summed E-state index contributed by atoms with van der Waals surface area (Å²) in [5.74, 6) is 0.624. The Balaban J connectivity index is 2.30. The highest BCUT2D eigenvalue weighted by atomic mass is 16.1. The maximum atomic E-state index is 11.9. The van der Waals surface area contributed by atoms with E-state index < -0.39 is 0 Å². The average molecular weight is 288 g/mol. The van der Waals surface area contributed by atoms with E-state index in [1.807, 2.05) is 0 Å². The summed E-state index contributed by atoms with van der Waals surface area (Å²) in [6.07, 6.45) is 2.06. The normalized spacial score (nSPS) is 29.6. The number of rotatable bonds is 4. The summed E-state index contributed by atoms with van der Waals surface area (Å²) in [6.45, 7) is 8.76. The Labute approximate surface area is 128 Å². The van der Waals surface area contributed by atoms with E-state index in [0.29, 0.717) is 17.9 Å². The number of hydrogen-bond donors (Lipinski definition) is 2. The third-order valence-corrected chi connectivity index (χ3v) is 4.44. The molecule has 0 bridgehead atoms. The second kappa shape index (κ2) is 6.61. The lowest BCUT2D eigenvalue weighted by Gasteiger charge is -2.39. The van der Waals surface area contributed by atoms with Crippen LogP contribution in [0.5, 0.6) is 0 Å². The lowest BCUT2D eigenvalue weighted by Crippen LogP contribution is -2.49. The standard InChI is InChI=1S/C18H28N2O/c1-11(2)8-14-6-5-7-15(10-14)17-16(18(19)21)12(3)9-13(4)20-17/h5-7,10-13,16-17,20H,8-9H2,1-4H3,(H2,19,21). The number of benzene rings is 1. The molecule has 3 heteroatoms. The highest BCUT2D eigenvalue weighted by Gasteiger charge is 2.38. The van der Waals surface area contributed by atoms with Gasteiger partial charge < -0.3 is 11.1 Å². The zero-order chi connectivity index (χ0) is 15.6. The number of carbonyl (C=O) groups is 1. The summed E-state index contributed by atoms with van der Waals surface area (Å²) in [4.78, 5) is 11.9. The lowest BCUT2D eigenvalue weighted by molar-refractivity contribution is -0.125. The van der Waals surface area contributed by atoms with Crippen LogP contribution in [0.2, 0.25) is 0 Å². The van der Waals surface area contributed by atoms with Crippen LogP contribution in [0.4, 0.5) is 0 Å². The molecule has 0 aliphatic carbocycles. The first-order chi connectivity index (χ1) is 9.88. The average Bonchev–Trinajstić information content (AvgIpc) is 2.36. The molecule has 1 fully saturated rings. The van der Waals surface area contributed by atoms with E-state index >= 15 is 0 Å². The minimum atomic E-state index is -0.193. The van der Waals surface area contributed by atoms with Gasteiger partial charge in [0.25, 0.3) is 0 Å². The number of nitrogens with one attached hydrogen (secondary N) is 1. The second-order valence-corrected chi connectivity index (χ2v) is 7.03. The largest absolute Gasteiger partial charge is 0.369 e. The van der Waals surface area contributed by atoms with Crippen LogP contribution in [-0.2, 0) is 11.2 Å². The van der Waals surface area contributed by atoms with E-state index in [9.17, 15) is 4.79 Å². The first kappa shape index (κ1) is 16.0. The number of piperidine rings is 1. The predicted octanol–water partition coefficient (Wildman–Crippen LogP) is 3.05. The van der Waals surface area contributed by atoms with Gasteiger partial charge in [0.1, 0.15) is 0 Å². The Morgan fingerprint density at radius 2 is 2.10 bits per heavy atom. The summed E-state index contributed by atoms with van der Waals surface area (Å²) >= 11 is 0. The molecule has 0 spiro atoms. The Kier molecular flexibility index (Phi) is 5.04. The van der Waals surface area contributed by atoms with Crippen LogP contribution in [0.15, 0.2) is 24.3 Å². The molecule has 4 atom stereocenters. The van der Waals surface area contributed by atoms with Gasteiger partial charge in [-0.1, -0.05) is 45.0 Å². The Morgan fingerprint density at radius 3 is 2.71 bits per heavy atom. The zero-order valence-electron chi connectivity index (χ0n) is 13.6. The first-order valence-corrected chi connectivity index (χ1v) is 8.02. The van der Waals surface area contributed by atoms with Gasteiger partial charge in [-0.2, -0.15) is 0 Å². The molecular weight excluding hydrogens is 260 g/mol. The van der Waals surface area contributed by atoms with Crippen LogP contribution in [-0.4, -0.2) is 11.9 Å². The van der Waals surface area contributed by atoms with Gasteiger partial charge in [0.05, 0.1) is 5.92 Å². The number of primary amides is 1. The fraction of sp³-hybridized carbons (Fsp3) is 0.611. The van der Waals surface area contributed by atoms with Crippen molar-refractivity contribution in [1.29, 1.82) is 0 Å². The molecule has 0 radical (unpaired) electrons. The van der Waals surface area contributed by atoms with Crippen molar-refractivity contribution in [2.75, 3.05) is 0 Å². The molecule has 3 nitrogen and oxygen atoms in total. The van der Waals surface area contributed by atoms with Gasteiger partial charge in [0.15, 0.2) is 0 Å². The molecule has 1 aromatic carbocycles. The van der Waals surface area contributed by atoms with Crippen molar-refractivity contribution < 1.29 is 4.79 Å². The molecule has 1 aromatic rings. The van der Waals surface area contributed by atoms with Crippen molar-refractivity contribution in [3.63, 3.8) is 0 Å². The number of hydrogen-bond acceptors (Lipinski definition) is 2. The summed E-state index contributed by atoms with van der Waals surface area (Å²) in [6, 6.07) is 9.05. The van der Waals surface area contributed by atoms with Crippen molar-refractivity contribution in [2.45, 2.75) is 52.6 Å². The van der Waals surface area contributed by atoms with Gasteiger partial charge in [0, 0.05) is 12.1 Å². The molecule has 1 saturated heterocycles. The highest BCUT2D eigenvalue weighted by molar-refractivity contribution is 5.78. The third kappa shape index (κ3) is 3.85. The molecule has 116 valence electrons. The molecule has 3 N–H and O–H groups in total. The highest BCUT2D eigenvalue weighted by Crippen LogP contribution is 2.35. The Hall–Kier alpha value is -1.35. The Bertz CT molecular complexity index is 498. The molecular formula is C18H28N2O. The van der Waals surface area contributed by atoms with Crippen LogP contribution in [0, 0.1) is 17.8 Å². The van der Waals surface area contributed by atoms with Gasteiger partial charge in [-0.15, -0.1) is 0 Å². The van der Waals surface area contributed by atoms with Crippen LogP contribution in [0.3, 0.4) is 0 Å². The van der Waals surface area contributed by atoms with Crippen LogP contribution in [0.25, 0.3) is 0 Å². The third-order valence-electron chi connectivity index (χ3n) is 4.44. The van der Waals surface area contributed by atoms with Crippen molar-refractivity contribution in [3.05, 3.63) is 35.4 Å². The van der Waals surface area contributed by atoms with Gasteiger partial charge >= 0.3 is 0 Å². The van der Waals surface area contributed by atoms with E-state index in [1.165, 1.54) is 11.1 Å². The fourth-order valence-electron chi connectivity index (χ4n) is 3.64. The van der Waals surface area contributed by atoms with Crippen molar-refractivity contribution in [2.24, 2.45) is 23.5 Å². The monoisotopic (exact) mass is 288 g/mol. The molecule has 2 rings (SSSR count). The summed E-state index contributed by atoms with van der Waals surface area (Å²) in [7, 11) is 0. The summed E-state index contributed by atoms with van der Waals surface area (Å²) in [5.41, 5.74) is 8.19. The topological polar surface area (TPSA) is 55.1 Å². The van der Waals surface area contributed by atoms with Gasteiger partial charge in [0.2, 0.25) is 5.91 Å². The van der Waals surface area contributed by atoms with E-state index in [1.54, 1.807) is 0 Å². The van der Waals surface area contributed by atoms with E-state index in [-0.39, 0.29) is 17.9 Å². The molecule has 1 aliphatic rings. The zero-order valence-corrected chi connectivity index (χ0v) is 13.6. The van der Waals surface area contributed by atoms with E-state index in [0.717, 1.165) is 12.8 Å². The predicted molar refractivity (Wildman–Crippen MR) is 86.8 cm³/mol. The van der Waals surface area contributed by atoms with Gasteiger partial charge in [-0.25, -0.2) is 0 Å². The SMILES string of the molecule is CC(C)Cc1cccc(C2NC(C)CC(C)C2C(N)=O)c1. The Morgan fingerprint density at radius 1 is 1.38 bits per heavy atom. The molecule has 1 heterocycles. The maximum absolute atomic E-state index is 11.9.